The number of guanidine groups is 1. The van der Waals surface area contributed by atoms with Gasteiger partial charge in [-0.3, -0.25) is 14.7 Å². The van der Waals surface area contributed by atoms with E-state index in [1.165, 1.54) is 18.4 Å². The summed E-state index contributed by atoms with van der Waals surface area (Å²) in [7, 11) is 0. The van der Waals surface area contributed by atoms with E-state index in [-0.39, 0.29) is 29.9 Å². The molecule has 0 bridgehead atoms. The number of hydrogen-bond donors (Lipinski definition) is 1. The molecule has 28 heavy (non-hydrogen) atoms. The number of carbonyl (C=O) groups is 1. The van der Waals surface area contributed by atoms with E-state index in [1.807, 2.05) is 4.90 Å². The van der Waals surface area contributed by atoms with Crippen LogP contribution in [-0.2, 0) is 4.79 Å². The lowest BCUT2D eigenvalue weighted by atomic mass is 10.1. The first-order valence-corrected chi connectivity index (χ1v) is 10.3. The summed E-state index contributed by atoms with van der Waals surface area (Å²) in [6.45, 7) is 10.9. The van der Waals surface area contributed by atoms with Gasteiger partial charge in [-0.1, -0.05) is 30.3 Å². The van der Waals surface area contributed by atoms with Crippen molar-refractivity contribution in [3.8, 4) is 0 Å². The Labute approximate surface area is 186 Å². The number of likely N-dealkylation sites (tertiary alicyclic amines) is 1. The maximum Gasteiger partial charge on any atom is 0.219 e. The minimum absolute atomic E-state index is 0. The fourth-order valence-electron chi connectivity index (χ4n) is 3.99. The molecule has 0 spiro atoms. The third-order valence-corrected chi connectivity index (χ3v) is 5.54. The number of rotatable bonds is 5. The molecule has 1 aromatic carbocycles. The minimum Gasteiger partial charge on any atom is -0.357 e. The lowest BCUT2D eigenvalue weighted by Crippen LogP contribution is -2.53. The van der Waals surface area contributed by atoms with Crippen LogP contribution in [0.3, 0.4) is 0 Å². The second-order valence-corrected chi connectivity index (χ2v) is 7.36. The molecule has 1 atom stereocenters. The first-order valence-electron chi connectivity index (χ1n) is 10.3. The first kappa shape index (κ1) is 22.9. The molecule has 2 aliphatic heterocycles. The standard InChI is InChI=1S/C21H33N5O.HI/c1-3-22-21(26-15-13-24(14-16-26)18(2)27)23-17-20(25-11-7-8-12-25)19-9-5-4-6-10-19;/h4-6,9-10,20H,3,7-8,11-17H2,1-2H3,(H,22,23);1H. The van der Waals surface area contributed by atoms with Crippen LogP contribution in [0.25, 0.3) is 0 Å². The Hall–Kier alpha value is -1.35. The fourth-order valence-corrected chi connectivity index (χ4v) is 3.99. The number of nitrogens with zero attached hydrogens (tertiary/aromatic N) is 4. The SMILES string of the molecule is CCNC(=NCC(c1ccccc1)N1CCCC1)N1CCN(C(C)=O)CC1.I. The second kappa shape index (κ2) is 11.6. The van der Waals surface area contributed by atoms with E-state index in [2.05, 4.69) is 52.4 Å². The number of amides is 1. The van der Waals surface area contributed by atoms with Crippen LogP contribution in [0.1, 0.15) is 38.3 Å². The Balaban J connectivity index is 0.00000280. The molecule has 0 aromatic heterocycles. The molecule has 3 rings (SSSR count). The van der Waals surface area contributed by atoms with Gasteiger partial charge >= 0.3 is 0 Å². The molecule has 0 radical (unpaired) electrons. The smallest absolute Gasteiger partial charge is 0.219 e. The van der Waals surface area contributed by atoms with Crippen LogP contribution in [0.5, 0.6) is 0 Å². The normalized spacial score (nSPS) is 19.3. The Morgan fingerprint density at radius 1 is 1.04 bits per heavy atom. The molecule has 7 heteroatoms. The lowest BCUT2D eigenvalue weighted by Gasteiger charge is -2.36. The van der Waals surface area contributed by atoms with Crippen LogP contribution in [0.15, 0.2) is 35.3 Å². The van der Waals surface area contributed by atoms with E-state index in [9.17, 15) is 4.79 Å². The van der Waals surface area contributed by atoms with Gasteiger partial charge in [-0.2, -0.15) is 0 Å². The summed E-state index contributed by atoms with van der Waals surface area (Å²) < 4.78 is 0. The van der Waals surface area contributed by atoms with Crippen LogP contribution in [0.2, 0.25) is 0 Å². The van der Waals surface area contributed by atoms with E-state index < -0.39 is 0 Å². The molecular weight excluding hydrogens is 465 g/mol. The van der Waals surface area contributed by atoms with Crippen molar-refractivity contribution in [1.82, 2.24) is 20.0 Å². The highest BCUT2D eigenvalue weighted by atomic mass is 127. The predicted octanol–water partition coefficient (Wildman–Crippen LogP) is 2.57. The van der Waals surface area contributed by atoms with Crippen LogP contribution in [-0.4, -0.2) is 78.9 Å². The Kier molecular flexibility index (Phi) is 9.50. The van der Waals surface area contributed by atoms with Gasteiger partial charge < -0.3 is 15.1 Å². The molecule has 2 heterocycles. The number of halogens is 1. The van der Waals surface area contributed by atoms with Crippen molar-refractivity contribution >= 4 is 35.8 Å². The van der Waals surface area contributed by atoms with Gasteiger partial charge in [0.05, 0.1) is 12.6 Å². The van der Waals surface area contributed by atoms with Crippen molar-refractivity contribution in [3.05, 3.63) is 35.9 Å². The second-order valence-electron chi connectivity index (χ2n) is 7.36. The molecule has 2 saturated heterocycles. The number of aliphatic imine (C=N–C) groups is 1. The van der Waals surface area contributed by atoms with Crippen molar-refractivity contribution in [2.24, 2.45) is 4.99 Å². The zero-order valence-corrected chi connectivity index (χ0v) is 19.5. The van der Waals surface area contributed by atoms with Gasteiger partial charge in [0, 0.05) is 39.6 Å². The largest absolute Gasteiger partial charge is 0.357 e. The molecule has 156 valence electrons. The highest BCUT2D eigenvalue weighted by molar-refractivity contribution is 14.0. The first-order chi connectivity index (χ1) is 13.2. The van der Waals surface area contributed by atoms with Gasteiger partial charge in [-0.25, -0.2) is 0 Å². The molecule has 2 fully saturated rings. The minimum atomic E-state index is 0. The topological polar surface area (TPSA) is 51.2 Å². The van der Waals surface area contributed by atoms with Gasteiger partial charge in [0.25, 0.3) is 0 Å². The summed E-state index contributed by atoms with van der Waals surface area (Å²) in [5.41, 5.74) is 1.35. The summed E-state index contributed by atoms with van der Waals surface area (Å²) in [6, 6.07) is 11.1. The zero-order valence-electron chi connectivity index (χ0n) is 17.1. The summed E-state index contributed by atoms with van der Waals surface area (Å²) in [4.78, 5) is 23.4. The number of nitrogens with one attached hydrogen (secondary N) is 1. The van der Waals surface area contributed by atoms with Crippen molar-refractivity contribution < 1.29 is 4.79 Å². The number of piperazine rings is 1. The van der Waals surface area contributed by atoms with E-state index >= 15 is 0 Å². The van der Waals surface area contributed by atoms with Crippen molar-refractivity contribution in [3.63, 3.8) is 0 Å². The average molecular weight is 499 g/mol. The average Bonchev–Trinajstić information content (AvgIpc) is 3.23. The van der Waals surface area contributed by atoms with Gasteiger partial charge in [0.1, 0.15) is 0 Å². The van der Waals surface area contributed by atoms with E-state index in [0.29, 0.717) is 6.04 Å². The third kappa shape index (κ3) is 6.07. The summed E-state index contributed by atoms with van der Waals surface area (Å²) in [6.07, 6.45) is 2.56. The van der Waals surface area contributed by atoms with Crippen molar-refractivity contribution in [1.29, 1.82) is 0 Å². The number of hydrogen-bond acceptors (Lipinski definition) is 3. The molecule has 6 nitrogen and oxygen atoms in total. The van der Waals surface area contributed by atoms with Crippen molar-refractivity contribution in [2.75, 3.05) is 52.4 Å². The van der Waals surface area contributed by atoms with Gasteiger partial charge in [0.2, 0.25) is 5.91 Å². The van der Waals surface area contributed by atoms with Gasteiger partial charge in [-0.05, 0) is 38.4 Å². The van der Waals surface area contributed by atoms with Gasteiger partial charge in [0.15, 0.2) is 5.96 Å². The highest BCUT2D eigenvalue weighted by Crippen LogP contribution is 2.25. The van der Waals surface area contributed by atoms with Crippen LogP contribution in [0, 0.1) is 0 Å². The number of carbonyl (C=O) groups excluding carboxylic acids is 1. The fraction of sp³-hybridized carbons (Fsp3) is 0.619. The van der Waals surface area contributed by atoms with Crippen LogP contribution in [0.4, 0.5) is 0 Å². The highest BCUT2D eigenvalue weighted by Gasteiger charge is 2.25. The lowest BCUT2D eigenvalue weighted by molar-refractivity contribution is -0.130. The zero-order chi connectivity index (χ0) is 19.1. The molecule has 2 aliphatic rings. The van der Waals surface area contributed by atoms with E-state index in [0.717, 1.165) is 58.3 Å². The Bertz CT molecular complexity index is 625. The van der Waals surface area contributed by atoms with Gasteiger partial charge in [-0.15, -0.1) is 24.0 Å². The molecule has 0 aliphatic carbocycles. The van der Waals surface area contributed by atoms with Crippen molar-refractivity contribution in [2.45, 2.75) is 32.7 Å². The molecule has 1 aromatic rings. The molecule has 0 saturated carbocycles. The summed E-state index contributed by atoms with van der Waals surface area (Å²) in [5.74, 6) is 1.13. The van der Waals surface area contributed by atoms with E-state index in [1.54, 1.807) is 6.92 Å². The number of benzene rings is 1. The molecular formula is C21H34IN5O. The predicted molar refractivity (Wildman–Crippen MR) is 125 cm³/mol. The summed E-state index contributed by atoms with van der Waals surface area (Å²) >= 11 is 0. The maximum atomic E-state index is 11.6. The maximum absolute atomic E-state index is 11.6. The molecule has 1 N–H and O–H groups in total. The molecule has 1 amide bonds. The van der Waals surface area contributed by atoms with Crippen LogP contribution < -0.4 is 5.32 Å². The monoisotopic (exact) mass is 499 g/mol. The Morgan fingerprint density at radius 3 is 2.21 bits per heavy atom. The Morgan fingerprint density at radius 2 is 1.64 bits per heavy atom. The quantitative estimate of drug-likeness (QED) is 0.385. The van der Waals surface area contributed by atoms with Crippen LogP contribution >= 0.6 is 24.0 Å². The third-order valence-electron chi connectivity index (χ3n) is 5.54. The summed E-state index contributed by atoms with van der Waals surface area (Å²) in [5, 5.41) is 3.45. The van der Waals surface area contributed by atoms with E-state index in [4.69, 9.17) is 4.99 Å². The molecule has 1 unspecified atom stereocenters.